The molecule has 8 rings (SSSR count). The van der Waals surface area contributed by atoms with E-state index < -0.39 is 0 Å². The topological polar surface area (TPSA) is 26.3 Å². The van der Waals surface area contributed by atoms with Gasteiger partial charge in [-0.3, -0.25) is 4.70 Å². The van der Waals surface area contributed by atoms with Crippen molar-refractivity contribution < 1.29 is 13.5 Å². The fourth-order valence-electron chi connectivity index (χ4n) is 5.48. The Hall–Kier alpha value is -5.19. The molecule has 0 radical (unpaired) electrons. The van der Waals surface area contributed by atoms with E-state index in [9.17, 15) is 0 Å². The average Bonchev–Trinajstić information content (AvgIpc) is 3.66. The minimum Gasteiger partial charge on any atom is -0.455 e. The minimum atomic E-state index is 0. The first-order chi connectivity index (χ1) is 21.3. The summed E-state index contributed by atoms with van der Waals surface area (Å²) in [7, 11) is 0. The summed E-state index contributed by atoms with van der Waals surface area (Å²) >= 11 is 3.56. The molecule has 0 aliphatic rings. The smallest absolute Gasteiger partial charge is 0.143 e. The molecular formula is C41H32BrFO2. The third-order valence-electron chi connectivity index (χ3n) is 7.44. The molecule has 0 atom stereocenters. The highest BCUT2D eigenvalue weighted by Crippen LogP contribution is 2.42. The van der Waals surface area contributed by atoms with Crippen molar-refractivity contribution in [3.05, 3.63) is 168 Å². The van der Waals surface area contributed by atoms with Crippen molar-refractivity contribution in [2.45, 2.75) is 7.43 Å². The summed E-state index contributed by atoms with van der Waals surface area (Å²) in [5.41, 5.74) is 8.68. The Bertz CT molecular complexity index is 2120. The zero-order valence-electron chi connectivity index (χ0n) is 23.7. The van der Waals surface area contributed by atoms with Gasteiger partial charge in [-0.2, -0.15) is 0 Å². The van der Waals surface area contributed by atoms with Crippen LogP contribution in [0.4, 0.5) is 4.70 Å². The maximum atomic E-state index is 6.17. The molecule has 0 unspecified atom stereocenters. The van der Waals surface area contributed by atoms with E-state index in [0.29, 0.717) is 0 Å². The summed E-state index contributed by atoms with van der Waals surface area (Å²) in [6, 6.07) is 55.7. The van der Waals surface area contributed by atoms with Gasteiger partial charge >= 0.3 is 0 Å². The number of hydrogen-bond donors (Lipinski definition) is 0. The normalized spacial score (nSPS) is 10.4. The molecular weight excluding hydrogens is 623 g/mol. The maximum absolute atomic E-state index is 6.17. The predicted octanol–water partition coefficient (Wildman–Crippen LogP) is 13.1. The molecule has 6 aromatic carbocycles. The highest BCUT2D eigenvalue weighted by atomic mass is 79.9. The lowest BCUT2D eigenvalue weighted by molar-refractivity contribution is 0.632. The van der Waals surface area contributed by atoms with E-state index in [-0.39, 0.29) is 12.1 Å². The average molecular weight is 656 g/mol. The van der Waals surface area contributed by atoms with Crippen LogP contribution >= 0.6 is 15.9 Å². The van der Waals surface area contributed by atoms with Crippen LogP contribution in [0.15, 0.2) is 177 Å². The van der Waals surface area contributed by atoms with Crippen LogP contribution < -0.4 is 0 Å². The molecule has 45 heavy (non-hydrogen) atoms. The second-order valence-electron chi connectivity index (χ2n) is 10.2. The first-order valence-corrected chi connectivity index (χ1v) is 15.0. The Morgan fingerprint density at radius 3 is 1.24 bits per heavy atom. The summed E-state index contributed by atoms with van der Waals surface area (Å²) in [6.45, 7) is 0. The van der Waals surface area contributed by atoms with Gasteiger partial charge in [0.05, 0.1) is 0 Å². The Kier molecular flexibility index (Phi) is 9.76. The largest absolute Gasteiger partial charge is 0.455 e. The van der Waals surface area contributed by atoms with E-state index in [1.807, 2.05) is 72.8 Å². The van der Waals surface area contributed by atoms with Crippen LogP contribution in [0.5, 0.6) is 0 Å². The third-order valence-corrected chi connectivity index (χ3v) is 7.94. The van der Waals surface area contributed by atoms with Crippen LogP contribution in [0.1, 0.15) is 7.43 Å². The summed E-state index contributed by atoms with van der Waals surface area (Å²) in [6.07, 6.45) is 0. The van der Waals surface area contributed by atoms with E-state index in [0.717, 1.165) is 60.2 Å². The molecule has 2 heterocycles. The van der Waals surface area contributed by atoms with Crippen molar-refractivity contribution >= 4 is 37.9 Å². The van der Waals surface area contributed by atoms with Gasteiger partial charge < -0.3 is 8.83 Å². The van der Waals surface area contributed by atoms with E-state index in [1.165, 1.54) is 11.1 Å². The lowest BCUT2D eigenvalue weighted by Crippen LogP contribution is -1.80. The molecule has 2 aromatic heterocycles. The first-order valence-electron chi connectivity index (χ1n) is 14.2. The highest BCUT2D eigenvalue weighted by Gasteiger charge is 2.18. The second kappa shape index (κ2) is 14.1. The van der Waals surface area contributed by atoms with Crippen LogP contribution in [0.3, 0.4) is 0 Å². The van der Waals surface area contributed by atoms with Crippen molar-refractivity contribution in [2.75, 3.05) is 0 Å². The van der Waals surface area contributed by atoms with Gasteiger partial charge in [-0.05, 0) is 35.4 Å². The van der Waals surface area contributed by atoms with Crippen LogP contribution in [0.25, 0.3) is 66.8 Å². The van der Waals surface area contributed by atoms with Crippen molar-refractivity contribution in [1.29, 1.82) is 0 Å². The van der Waals surface area contributed by atoms with Gasteiger partial charge in [0.15, 0.2) is 0 Å². The molecule has 0 fully saturated rings. The maximum Gasteiger partial charge on any atom is 0.143 e. The SMILES string of the molecule is Brc1ccc2oc(-c3ccccc3)c(-c3ccccc3)c2c1.C.F.c1ccc(-c2oc3ccccc3c2-c2ccccc2)cc1. The Morgan fingerprint density at radius 1 is 0.378 bits per heavy atom. The van der Waals surface area contributed by atoms with Crippen LogP contribution in [-0.2, 0) is 0 Å². The third kappa shape index (κ3) is 6.38. The molecule has 0 N–H and O–H groups in total. The quantitative estimate of drug-likeness (QED) is 0.189. The fourth-order valence-corrected chi connectivity index (χ4v) is 5.84. The molecule has 0 aliphatic carbocycles. The summed E-state index contributed by atoms with van der Waals surface area (Å²) in [4.78, 5) is 0. The molecule has 0 saturated carbocycles. The van der Waals surface area contributed by atoms with Crippen LogP contribution in [0.2, 0.25) is 0 Å². The van der Waals surface area contributed by atoms with E-state index in [4.69, 9.17) is 8.83 Å². The molecule has 4 heteroatoms. The number of rotatable bonds is 4. The first kappa shape index (κ1) is 31.2. The van der Waals surface area contributed by atoms with Crippen LogP contribution in [-0.4, -0.2) is 0 Å². The molecule has 0 aliphatic heterocycles. The number of fused-ring (bicyclic) bond motifs is 2. The van der Waals surface area contributed by atoms with Crippen molar-refractivity contribution in [3.63, 3.8) is 0 Å². The molecule has 0 amide bonds. The van der Waals surface area contributed by atoms with Gasteiger partial charge in [0.2, 0.25) is 0 Å². The number of furan rings is 2. The van der Waals surface area contributed by atoms with Gasteiger partial charge in [-0.25, -0.2) is 0 Å². The summed E-state index contributed by atoms with van der Waals surface area (Å²) in [5.74, 6) is 1.85. The van der Waals surface area contributed by atoms with Crippen molar-refractivity contribution in [1.82, 2.24) is 0 Å². The fraction of sp³-hybridized carbons (Fsp3) is 0.0244. The van der Waals surface area contributed by atoms with Gasteiger partial charge in [-0.15, -0.1) is 0 Å². The molecule has 8 aromatic rings. The van der Waals surface area contributed by atoms with Crippen molar-refractivity contribution in [3.8, 4) is 44.9 Å². The molecule has 0 saturated heterocycles. The lowest BCUT2D eigenvalue weighted by atomic mass is 9.99. The Morgan fingerprint density at radius 2 is 0.756 bits per heavy atom. The van der Waals surface area contributed by atoms with E-state index in [2.05, 4.69) is 107 Å². The monoisotopic (exact) mass is 654 g/mol. The number of halogens is 2. The summed E-state index contributed by atoms with van der Waals surface area (Å²) < 4.78 is 13.4. The second-order valence-corrected chi connectivity index (χ2v) is 11.1. The zero-order valence-corrected chi connectivity index (χ0v) is 25.3. The van der Waals surface area contributed by atoms with E-state index in [1.54, 1.807) is 0 Å². The molecule has 0 bridgehead atoms. The van der Waals surface area contributed by atoms with Gasteiger partial charge in [0.1, 0.15) is 22.7 Å². The Balaban J connectivity index is 0.000000170. The number of para-hydroxylation sites is 1. The summed E-state index contributed by atoms with van der Waals surface area (Å²) in [5, 5.41) is 2.28. The zero-order chi connectivity index (χ0) is 29.0. The van der Waals surface area contributed by atoms with Gasteiger partial charge in [0, 0.05) is 37.5 Å². The standard InChI is InChI=1S/C20H13BrO.C20H14O.CH4.FH/c21-16-11-12-18-17(13-16)19(14-7-3-1-4-8-14)20(22-18)15-9-5-2-6-10-15;1-3-9-15(10-4-1)19-17-13-7-8-14-18(17)21-20(19)16-11-5-2-6-12-16;;/h1-13H;1-14H;1H4;1H. The lowest BCUT2D eigenvalue weighted by Gasteiger charge is -2.04. The van der Waals surface area contributed by atoms with Crippen LogP contribution in [0, 0.1) is 0 Å². The number of hydrogen-bond acceptors (Lipinski definition) is 2. The van der Waals surface area contributed by atoms with Gasteiger partial charge in [0.25, 0.3) is 0 Å². The number of benzene rings is 6. The molecule has 2 nitrogen and oxygen atoms in total. The highest BCUT2D eigenvalue weighted by molar-refractivity contribution is 9.10. The van der Waals surface area contributed by atoms with Gasteiger partial charge in [-0.1, -0.05) is 163 Å². The van der Waals surface area contributed by atoms with Crippen molar-refractivity contribution in [2.24, 2.45) is 0 Å². The Labute approximate surface area is 271 Å². The predicted molar refractivity (Wildman–Crippen MR) is 191 cm³/mol. The minimum absolute atomic E-state index is 0. The molecule has 222 valence electrons. The van der Waals surface area contributed by atoms with E-state index >= 15 is 0 Å². The molecule has 0 spiro atoms.